The van der Waals surface area contributed by atoms with Gasteiger partial charge in [-0.25, -0.2) is 4.39 Å². The highest BCUT2D eigenvalue weighted by molar-refractivity contribution is 5.96. The van der Waals surface area contributed by atoms with Crippen molar-refractivity contribution in [2.75, 3.05) is 0 Å². The highest BCUT2D eigenvalue weighted by atomic mass is 19.1. The van der Waals surface area contributed by atoms with Crippen LogP contribution in [0.1, 0.15) is 37.0 Å². The minimum Gasteiger partial charge on any atom is -0.347 e. The second-order valence-electron chi connectivity index (χ2n) is 7.12. The number of aromatic nitrogens is 4. The van der Waals surface area contributed by atoms with Crippen molar-refractivity contribution >= 4 is 5.91 Å². The number of rotatable bonds is 3. The summed E-state index contributed by atoms with van der Waals surface area (Å²) in [6.45, 7) is 7.53. The van der Waals surface area contributed by atoms with Crippen molar-refractivity contribution < 1.29 is 9.18 Å². The molecule has 1 heterocycles. The molecule has 2 aromatic carbocycles. The third kappa shape index (κ3) is 3.93. The predicted molar refractivity (Wildman–Crippen MR) is 96.5 cm³/mol. The quantitative estimate of drug-likeness (QED) is 0.784. The molecular weight excluding hydrogens is 333 g/mol. The van der Waals surface area contributed by atoms with Crippen LogP contribution < -0.4 is 5.32 Å². The van der Waals surface area contributed by atoms with Gasteiger partial charge in [-0.05, 0) is 79.6 Å². The molecule has 1 amide bonds. The summed E-state index contributed by atoms with van der Waals surface area (Å²) in [6, 6.07) is 11.5. The van der Waals surface area contributed by atoms with E-state index in [0.29, 0.717) is 17.1 Å². The average Bonchev–Trinajstić information content (AvgIpc) is 2.99. The molecule has 7 heteroatoms. The Balaban J connectivity index is 2.12. The van der Waals surface area contributed by atoms with E-state index < -0.39 is 0 Å². The van der Waals surface area contributed by atoms with Crippen LogP contribution in [0, 0.1) is 12.7 Å². The molecule has 0 spiro atoms. The number of carbonyl (C=O) groups excluding carboxylic acids is 1. The molecule has 0 fully saturated rings. The Morgan fingerprint density at radius 3 is 2.35 bits per heavy atom. The molecule has 0 atom stereocenters. The number of nitrogens with zero attached hydrogens (tertiary/aromatic N) is 4. The zero-order valence-corrected chi connectivity index (χ0v) is 15.1. The number of hydrogen-bond acceptors (Lipinski definition) is 4. The van der Waals surface area contributed by atoms with E-state index in [1.54, 1.807) is 35.9 Å². The van der Waals surface area contributed by atoms with Crippen LogP contribution in [0.15, 0.2) is 42.5 Å². The molecule has 3 aromatic rings. The number of carbonyl (C=O) groups is 1. The van der Waals surface area contributed by atoms with E-state index in [0.717, 1.165) is 11.1 Å². The van der Waals surface area contributed by atoms with Gasteiger partial charge in [0.15, 0.2) is 5.82 Å². The van der Waals surface area contributed by atoms with E-state index in [9.17, 15) is 9.18 Å². The van der Waals surface area contributed by atoms with Gasteiger partial charge < -0.3 is 5.32 Å². The first-order valence-electron chi connectivity index (χ1n) is 8.22. The summed E-state index contributed by atoms with van der Waals surface area (Å²) in [5.41, 5.74) is 2.34. The SMILES string of the molecule is Cc1nnnn1-c1cc(C(=O)NC(C)(C)C)cc(-c2ccc(F)cc2)c1. The van der Waals surface area contributed by atoms with Crippen molar-refractivity contribution in [3.63, 3.8) is 0 Å². The summed E-state index contributed by atoms with van der Waals surface area (Å²) >= 11 is 0. The molecule has 0 radical (unpaired) electrons. The standard InChI is InChI=1S/C19H20FN5O/c1-12-22-23-24-25(12)17-10-14(13-5-7-16(20)8-6-13)9-15(11-17)18(26)21-19(2,3)4/h5-11H,1-4H3,(H,21,26). The Labute approximate surface area is 151 Å². The van der Waals surface area contributed by atoms with Crippen molar-refractivity contribution in [2.45, 2.75) is 33.2 Å². The van der Waals surface area contributed by atoms with E-state index >= 15 is 0 Å². The lowest BCUT2D eigenvalue weighted by Crippen LogP contribution is -2.40. The fourth-order valence-corrected chi connectivity index (χ4v) is 2.56. The highest BCUT2D eigenvalue weighted by Crippen LogP contribution is 2.25. The fraction of sp³-hybridized carbons (Fsp3) is 0.263. The number of benzene rings is 2. The first-order valence-corrected chi connectivity index (χ1v) is 8.22. The first-order chi connectivity index (χ1) is 12.2. The minimum absolute atomic E-state index is 0.201. The molecule has 1 N–H and O–H groups in total. The maximum absolute atomic E-state index is 13.3. The van der Waals surface area contributed by atoms with Gasteiger partial charge in [-0.15, -0.1) is 5.10 Å². The van der Waals surface area contributed by atoms with Crippen LogP contribution in [0.25, 0.3) is 16.8 Å². The lowest BCUT2D eigenvalue weighted by Gasteiger charge is -2.21. The summed E-state index contributed by atoms with van der Waals surface area (Å²) in [6.07, 6.45) is 0. The summed E-state index contributed by atoms with van der Waals surface area (Å²) < 4.78 is 14.8. The number of halogens is 1. The zero-order chi connectivity index (χ0) is 18.9. The second-order valence-corrected chi connectivity index (χ2v) is 7.12. The summed E-state index contributed by atoms with van der Waals surface area (Å²) in [5, 5.41) is 14.5. The molecule has 26 heavy (non-hydrogen) atoms. The molecular formula is C19H20FN5O. The zero-order valence-electron chi connectivity index (χ0n) is 15.1. The number of aryl methyl sites for hydroxylation is 1. The Morgan fingerprint density at radius 1 is 1.08 bits per heavy atom. The van der Waals surface area contributed by atoms with Crippen molar-refractivity contribution in [3.05, 3.63) is 59.7 Å². The second kappa shape index (κ2) is 6.67. The van der Waals surface area contributed by atoms with Crippen LogP contribution in [0.5, 0.6) is 0 Å². The van der Waals surface area contributed by atoms with Crippen LogP contribution >= 0.6 is 0 Å². The van der Waals surface area contributed by atoms with E-state index in [1.165, 1.54) is 12.1 Å². The molecule has 0 aliphatic heterocycles. The predicted octanol–water partition coefficient (Wildman–Crippen LogP) is 3.31. The van der Waals surface area contributed by atoms with E-state index in [2.05, 4.69) is 20.8 Å². The van der Waals surface area contributed by atoms with E-state index in [1.807, 2.05) is 26.8 Å². The van der Waals surface area contributed by atoms with Crippen LogP contribution in [0.4, 0.5) is 4.39 Å². The van der Waals surface area contributed by atoms with Gasteiger partial charge in [-0.2, -0.15) is 4.68 Å². The van der Waals surface area contributed by atoms with Crippen molar-refractivity contribution in [3.8, 4) is 16.8 Å². The number of nitrogens with one attached hydrogen (secondary N) is 1. The maximum Gasteiger partial charge on any atom is 0.251 e. The summed E-state index contributed by atoms with van der Waals surface area (Å²) in [7, 11) is 0. The van der Waals surface area contributed by atoms with Gasteiger partial charge in [0.2, 0.25) is 0 Å². The monoisotopic (exact) mass is 353 g/mol. The highest BCUT2D eigenvalue weighted by Gasteiger charge is 2.18. The molecule has 6 nitrogen and oxygen atoms in total. The molecule has 1 aromatic heterocycles. The van der Waals surface area contributed by atoms with Crippen LogP contribution in [-0.2, 0) is 0 Å². The molecule has 0 saturated carbocycles. The molecule has 3 rings (SSSR count). The summed E-state index contributed by atoms with van der Waals surface area (Å²) in [5.74, 6) is 0.0869. The van der Waals surface area contributed by atoms with E-state index in [-0.39, 0.29) is 17.3 Å². The minimum atomic E-state index is -0.367. The molecule has 134 valence electrons. The third-order valence-corrected chi connectivity index (χ3v) is 3.72. The number of hydrogen-bond donors (Lipinski definition) is 1. The third-order valence-electron chi connectivity index (χ3n) is 3.72. The van der Waals surface area contributed by atoms with Crippen LogP contribution in [-0.4, -0.2) is 31.7 Å². The van der Waals surface area contributed by atoms with Gasteiger partial charge >= 0.3 is 0 Å². The summed E-state index contributed by atoms with van der Waals surface area (Å²) in [4.78, 5) is 12.7. The number of amides is 1. The van der Waals surface area contributed by atoms with Gasteiger partial charge in [-0.3, -0.25) is 4.79 Å². The maximum atomic E-state index is 13.3. The van der Waals surface area contributed by atoms with Gasteiger partial charge in [0, 0.05) is 11.1 Å². The Bertz CT molecular complexity index is 941. The Morgan fingerprint density at radius 2 is 1.77 bits per heavy atom. The molecule has 0 bridgehead atoms. The molecule has 0 unspecified atom stereocenters. The van der Waals surface area contributed by atoms with Gasteiger partial charge in [-0.1, -0.05) is 12.1 Å². The lowest BCUT2D eigenvalue weighted by atomic mass is 10.0. The van der Waals surface area contributed by atoms with Crippen molar-refractivity contribution in [1.29, 1.82) is 0 Å². The smallest absolute Gasteiger partial charge is 0.251 e. The van der Waals surface area contributed by atoms with Gasteiger partial charge in [0.1, 0.15) is 5.82 Å². The largest absolute Gasteiger partial charge is 0.347 e. The lowest BCUT2D eigenvalue weighted by molar-refractivity contribution is 0.0919. The number of tetrazole rings is 1. The van der Waals surface area contributed by atoms with Crippen molar-refractivity contribution in [2.24, 2.45) is 0 Å². The van der Waals surface area contributed by atoms with E-state index in [4.69, 9.17) is 0 Å². The van der Waals surface area contributed by atoms with Crippen molar-refractivity contribution in [1.82, 2.24) is 25.5 Å². The van der Waals surface area contributed by atoms with Crippen LogP contribution in [0.3, 0.4) is 0 Å². The average molecular weight is 353 g/mol. The normalized spacial score (nSPS) is 11.4. The van der Waals surface area contributed by atoms with Crippen LogP contribution in [0.2, 0.25) is 0 Å². The molecule has 0 saturated heterocycles. The van der Waals surface area contributed by atoms with Gasteiger partial charge in [0.25, 0.3) is 5.91 Å². The Kier molecular flexibility index (Phi) is 4.54. The first kappa shape index (κ1) is 17.7. The van der Waals surface area contributed by atoms with Gasteiger partial charge in [0.05, 0.1) is 5.69 Å². The molecule has 0 aliphatic carbocycles. The molecule has 0 aliphatic rings. The fourth-order valence-electron chi connectivity index (χ4n) is 2.56. The Hall–Kier alpha value is -3.09. The topological polar surface area (TPSA) is 72.7 Å².